The second-order valence-electron chi connectivity index (χ2n) is 8.78. The fourth-order valence-corrected chi connectivity index (χ4v) is 4.68. The molecule has 5 nitrogen and oxygen atoms in total. The molecule has 1 heterocycles. The second kappa shape index (κ2) is 12.8. The highest BCUT2D eigenvalue weighted by Crippen LogP contribution is 2.28. The molecular formula is C28H36BrN3O2. The van der Waals surface area contributed by atoms with Gasteiger partial charge in [-0.25, -0.2) is 4.98 Å². The minimum absolute atomic E-state index is 0.103. The molecule has 1 atom stereocenters. The number of carbonyl (C=O) groups excluding carboxylic acids is 1. The first-order valence-electron chi connectivity index (χ1n) is 12.6. The fourth-order valence-electron chi connectivity index (χ4n) is 4.41. The first-order chi connectivity index (χ1) is 16.5. The summed E-state index contributed by atoms with van der Waals surface area (Å²) in [6.45, 7) is 7.07. The van der Waals surface area contributed by atoms with E-state index in [1.54, 1.807) is 4.57 Å². The van der Waals surface area contributed by atoms with Crippen molar-refractivity contribution in [2.24, 2.45) is 0 Å². The van der Waals surface area contributed by atoms with E-state index in [-0.39, 0.29) is 17.5 Å². The van der Waals surface area contributed by atoms with E-state index in [0.717, 1.165) is 48.7 Å². The van der Waals surface area contributed by atoms with Crippen molar-refractivity contribution in [1.82, 2.24) is 14.5 Å². The van der Waals surface area contributed by atoms with Crippen LogP contribution in [0.15, 0.2) is 57.8 Å². The van der Waals surface area contributed by atoms with Crippen LogP contribution in [0.3, 0.4) is 0 Å². The Hall–Kier alpha value is -2.47. The molecule has 0 radical (unpaired) electrons. The lowest BCUT2D eigenvalue weighted by atomic mass is 10.1. The van der Waals surface area contributed by atoms with Gasteiger partial charge in [-0.3, -0.25) is 14.2 Å². The molecule has 1 unspecified atom stereocenters. The summed E-state index contributed by atoms with van der Waals surface area (Å²) in [6, 6.07) is 14.9. The molecule has 34 heavy (non-hydrogen) atoms. The molecule has 0 saturated carbocycles. The van der Waals surface area contributed by atoms with Crippen molar-refractivity contribution in [3.05, 3.63) is 69.2 Å². The van der Waals surface area contributed by atoms with Crippen LogP contribution in [0.4, 0.5) is 0 Å². The summed E-state index contributed by atoms with van der Waals surface area (Å²) in [4.78, 5) is 34.1. The van der Waals surface area contributed by atoms with E-state index in [0.29, 0.717) is 36.1 Å². The number of para-hydroxylation sites is 1. The Balaban J connectivity index is 2.16. The number of hydrogen-bond acceptors (Lipinski definition) is 3. The maximum atomic E-state index is 13.7. The van der Waals surface area contributed by atoms with E-state index < -0.39 is 0 Å². The van der Waals surface area contributed by atoms with E-state index in [1.807, 2.05) is 53.4 Å². The Morgan fingerprint density at radius 1 is 0.971 bits per heavy atom. The minimum Gasteiger partial charge on any atom is -0.333 e. The number of carbonyl (C=O) groups is 1. The van der Waals surface area contributed by atoms with Gasteiger partial charge < -0.3 is 4.90 Å². The molecule has 0 saturated heterocycles. The zero-order valence-electron chi connectivity index (χ0n) is 20.6. The predicted molar refractivity (Wildman–Crippen MR) is 143 cm³/mol. The van der Waals surface area contributed by atoms with E-state index in [2.05, 4.69) is 36.7 Å². The van der Waals surface area contributed by atoms with E-state index >= 15 is 0 Å². The standard InChI is InChI=1S/C28H36BrN3O2/c1-4-7-9-15-26(33)31(20-12-8-5-2)25(6-3)27-30-24-14-11-10-13-23(24)28(34)32(27)22-18-16-21(29)17-19-22/h10-11,13-14,16-19,25H,4-9,12,15,20H2,1-3H3. The van der Waals surface area contributed by atoms with Gasteiger partial charge in [0.1, 0.15) is 5.82 Å². The molecule has 0 spiro atoms. The van der Waals surface area contributed by atoms with Gasteiger partial charge in [0, 0.05) is 17.4 Å². The van der Waals surface area contributed by atoms with Crippen LogP contribution in [0.5, 0.6) is 0 Å². The Bertz CT molecular complexity index is 1140. The minimum atomic E-state index is -0.271. The van der Waals surface area contributed by atoms with Crippen molar-refractivity contribution in [3.8, 4) is 5.69 Å². The highest BCUT2D eigenvalue weighted by molar-refractivity contribution is 9.10. The van der Waals surface area contributed by atoms with Crippen molar-refractivity contribution in [3.63, 3.8) is 0 Å². The van der Waals surface area contributed by atoms with Crippen LogP contribution in [-0.2, 0) is 4.79 Å². The summed E-state index contributed by atoms with van der Waals surface area (Å²) >= 11 is 3.49. The number of aromatic nitrogens is 2. The first-order valence-corrected chi connectivity index (χ1v) is 13.4. The number of nitrogens with zero attached hydrogens (tertiary/aromatic N) is 3. The maximum Gasteiger partial charge on any atom is 0.266 e. The number of hydrogen-bond donors (Lipinski definition) is 0. The van der Waals surface area contributed by atoms with Crippen LogP contribution in [0, 0.1) is 0 Å². The van der Waals surface area contributed by atoms with Crippen LogP contribution < -0.4 is 5.56 Å². The molecule has 3 aromatic rings. The van der Waals surface area contributed by atoms with Crippen LogP contribution in [0.25, 0.3) is 16.6 Å². The van der Waals surface area contributed by atoms with Crippen LogP contribution in [0.2, 0.25) is 0 Å². The molecule has 2 aromatic carbocycles. The molecular weight excluding hydrogens is 490 g/mol. The SMILES string of the molecule is CCCCCC(=O)N(CCCCC)C(CC)c1nc2ccccc2c(=O)n1-c1ccc(Br)cc1. The predicted octanol–water partition coefficient (Wildman–Crippen LogP) is 7.20. The Morgan fingerprint density at radius 3 is 2.32 bits per heavy atom. The molecule has 182 valence electrons. The second-order valence-corrected chi connectivity index (χ2v) is 9.70. The Labute approximate surface area is 211 Å². The lowest BCUT2D eigenvalue weighted by Crippen LogP contribution is -2.39. The largest absolute Gasteiger partial charge is 0.333 e. The van der Waals surface area contributed by atoms with Gasteiger partial charge in [0.25, 0.3) is 5.56 Å². The number of unbranched alkanes of at least 4 members (excludes halogenated alkanes) is 4. The van der Waals surface area contributed by atoms with Crippen LogP contribution >= 0.6 is 15.9 Å². The summed E-state index contributed by atoms with van der Waals surface area (Å²) in [7, 11) is 0. The molecule has 0 bridgehead atoms. The van der Waals surface area contributed by atoms with Crippen molar-refractivity contribution in [2.75, 3.05) is 6.54 Å². The quantitative estimate of drug-likeness (QED) is 0.235. The topological polar surface area (TPSA) is 55.2 Å². The summed E-state index contributed by atoms with van der Waals surface area (Å²) < 4.78 is 2.65. The van der Waals surface area contributed by atoms with Crippen LogP contribution in [0.1, 0.15) is 84.0 Å². The molecule has 0 aliphatic carbocycles. The third-order valence-corrected chi connectivity index (χ3v) is 6.79. The lowest BCUT2D eigenvalue weighted by molar-refractivity contribution is -0.134. The third kappa shape index (κ3) is 6.15. The van der Waals surface area contributed by atoms with Crippen molar-refractivity contribution >= 4 is 32.7 Å². The Kier molecular flexibility index (Phi) is 9.87. The summed E-state index contributed by atoms with van der Waals surface area (Å²) in [5.41, 5.74) is 1.32. The van der Waals surface area contributed by atoms with Gasteiger partial charge in [-0.1, -0.05) is 74.5 Å². The number of benzene rings is 2. The molecule has 3 rings (SSSR count). The van der Waals surface area contributed by atoms with Gasteiger partial charge in [-0.15, -0.1) is 0 Å². The third-order valence-electron chi connectivity index (χ3n) is 6.26. The smallest absolute Gasteiger partial charge is 0.266 e. The molecule has 0 aliphatic rings. The van der Waals surface area contributed by atoms with Gasteiger partial charge >= 0.3 is 0 Å². The lowest BCUT2D eigenvalue weighted by Gasteiger charge is -2.32. The van der Waals surface area contributed by atoms with Crippen molar-refractivity contribution < 1.29 is 4.79 Å². The number of amides is 1. The fraction of sp³-hybridized carbons (Fsp3) is 0.464. The van der Waals surface area contributed by atoms with Gasteiger partial charge in [-0.05, 0) is 55.7 Å². The van der Waals surface area contributed by atoms with Gasteiger partial charge in [-0.2, -0.15) is 0 Å². The summed E-state index contributed by atoms with van der Waals surface area (Å²) in [6.07, 6.45) is 7.34. The van der Waals surface area contributed by atoms with Crippen molar-refractivity contribution in [1.29, 1.82) is 0 Å². The van der Waals surface area contributed by atoms with Gasteiger partial charge in [0.15, 0.2) is 0 Å². The van der Waals surface area contributed by atoms with Gasteiger partial charge in [0.05, 0.1) is 22.6 Å². The summed E-state index contributed by atoms with van der Waals surface area (Å²) in [5.74, 6) is 0.787. The number of fused-ring (bicyclic) bond motifs is 1. The molecule has 6 heteroatoms. The highest BCUT2D eigenvalue weighted by Gasteiger charge is 2.28. The normalized spacial score (nSPS) is 12.1. The van der Waals surface area contributed by atoms with Crippen LogP contribution in [-0.4, -0.2) is 26.9 Å². The molecule has 0 aliphatic heterocycles. The highest BCUT2D eigenvalue weighted by atomic mass is 79.9. The summed E-state index contributed by atoms with van der Waals surface area (Å²) in [5, 5.41) is 0.579. The molecule has 1 aromatic heterocycles. The van der Waals surface area contributed by atoms with Gasteiger partial charge in [0.2, 0.25) is 5.91 Å². The van der Waals surface area contributed by atoms with E-state index in [1.165, 1.54) is 0 Å². The Morgan fingerprint density at radius 2 is 1.65 bits per heavy atom. The zero-order chi connectivity index (χ0) is 24.5. The molecule has 0 fully saturated rings. The maximum absolute atomic E-state index is 13.7. The van der Waals surface area contributed by atoms with Crippen molar-refractivity contribution in [2.45, 2.75) is 78.2 Å². The van der Waals surface area contributed by atoms with E-state index in [4.69, 9.17) is 4.98 Å². The average molecular weight is 527 g/mol. The molecule has 1 amide bonds. The zero-order valence-corrected chi connectivity index (χ0v) is 22.2. The monoisotopic (exact) mass is 525 g/mol. The number of rotatable bonds is 12. The first kappa shape index (κ1) is 26.1. The average Bonchev–Trinajstić information content (AvgIpc) is 2.84. The van der Waals surface area contributed by atoms with E-state index in [9.17, 15) is 9.59 Å². The molecule has 0 N–H and O–H groups in total. The number of halogens is 1.